The van der Waals surface area contributed by atoms with Gasteiger partial charge in [-0.2, -0.15) is 0 Å². The van der Waals surface area contributed by atoms with Gasteiger partial charge in [-0.3, -0.25) is 4.79 Å². The van der Waals surface area contributed by atoms with Crippen molar-refractivity contribution in [1.29, 1.82) is 0 Å². The first-order valence-corrected chi connectivity index (χ1v) is 5.53. The molecule has 1 aliphatic rings. The number of carbonyl (C=O) groups is 1. The highest BCUT2D eigenvalue weighted by molar-refractivity contribution is 5.90. The van der Waals surface area contributed by atoms with E-state index in [0.717, 1.165) is 12.8 Å². The van der Waals surface area contributed by atoms with Gasteiger partial charge in [-0.15, -0.1) is 0 Å². The van der Waals surface area contributed by atoms with Crippen molar-refractivity contribution in [2.45, 2.75) is 58.0 Å². The Hall–Kier alpha value is -0.790. The quantitative estimate of drug-likeness (QED) is 0.631. The zero-order valence-corrected chi connectivity index (χ0v) is 9.21. The average molecular weight is 196 g/mol. The lowest BCUT2D eigenvalue weighted by atomic mass is 9.91. The fourth-order valence-corrected chi connectivity index (χ4v) is 1.82. The van der Waals surface area contributed by atoms with Gasteiger partial charge in [0.1, 0.15) is 5.60 Å². The van der Waals surface area contributed by atoms with E-state index in [-0.39, 0.29) is 11.4 Å². The summed E-state index contributed by atoms with van der Waals surface area (Å²) in [7, 11) is 0. The number of unbranched alkanes of at least 4 members (excludes halogenated alkanes) is 3. The van der Waals surface area contributed by atoms with Gasteiger partial charge in [0.15, 0.2) is 5.78 Å². The molecule has 0 saturated heterocycles. The topological polar surface area (TPSA) is 26.3 Å². The summed E-state index contributed by atoms with van der Waals surface area (Å²) in [6.45, 7) is 4.23. The molecule has 0 saturated carbocycles. The molecule has 0 aromatic heterocycles. The van der Waals surface area contributed by atoms with E-state index in [1.165, 1.54) is 25.3 Å². The van der Waals surface area contributed by atoms with Gasteiger partial charge in [0.2, 0.25) is 0 Å². The number of hydrogen-bond acceptors (Lipinski definition) is 2. The second-order valence-electron chi connectivity index (χ2n) is 4.32. The first-order chi connectivity index (χ1) is 6.66. The Morgan fingerprint density at radius 1 is 1.43 bits per heavy atom. The maximum atomic E-state index is 11.2. The monoisotopic (exact) mass is 196 g/mol. The van der Waals surface area contributed by atoms with Crippen LogP contribution in [-0.2, 0) is 9.53 Å². The number of carbonyl (C=O) groups excluding carboxylic acids is 1. The largest absolute Gasteiger partial charge is 0.495 e. The van der Waals surface area contributed by atoms with Crippen LogP contribution >= 0.6 is 0 Å². The standard InChI is InChI=1S/C12H20O2/c1-3-4-5-6-8-12(2)10-11(13)7-9-14-12/h7,9H,3-6,8,10H2,1-2H3. The highest BCUT2D eigenvalue weighted by Crippen LogP contribution is 2.27. The smallest absolute Gasteiger partial charge is 0.162 e. The fourth-order valence-electron chi connectivity index (χ4n) is 1.82. The van der Waals surface area contributed by atoms with E-state index in [9.17, 15) is 4.79 Å². The molecule has 0 aromatic rings. The Bertz CT molecular complexity index is 220. The summed E-state index contributed by atoms with van der Waals surface area (Å²) in [5.74, 6) is 0.189. The molecule has 1 unspecified atom stereocenters. The number of hydrogen-bond donors (Lipinski definition) is 0. The second kappa shape index (κ2) is 5.18. The van der Waals surface area contributed by atoms with Crippen LogP contribution in [0.1, 0.15) is 52.4 Å². The van der Waals surface area contributed by atoms with E-state index in [1.54, 1.807) is 6.26 Å². The van der Waals surface area contributed by atoms with Crippen LogP contribution in [0.2, 0.25) is 0 Å². The lowest BCUT2D eigenvalue weighted by Gasteiger charge is -2.30. The van der Waals surface area contributed by atoms with Crippen molar-refractivity contribution < 1.29 is 9.53 Å². The summed E-state index contributed by atoms with van der Waals surface area (Å²) in [5, 5.41) is 0. The molecule has 1 heterocycles. The highest BCUT2D eigenvalue weighted by atomic mass is 16.5. The van der Waals surface area contributed by atoms with Crippen molar-refractivity contribution in [2.24, 2.45) is 0 Å². The third-order valence-electron chi connectivity index (χ3n) is 2.71. The van der Waals surface area contributed by atoms with E-state index >= 15 is 0 Å². The van der Waals surface area contributed by atoms with Crippen LogP contribution in [0, 0.1) is 0 Å². The van der Waals surface area contributed by atoms with Crippen molar-refractivity contribution >= 4 is 5.78 Å². The zero-order chi connectivity index (χ0) is 10.4. The van der Waals surface area contributed by atoms with Crippen molar-refractivity contribution in [3.63, 3.8) is 0 Å². The van der Waals surface area contributed by atoms with Crippen LogP contribution in [0.25, 0.3) is 0 Å². The number of allylic oxidation sites excluding steroid dienone is 1. The minimum Gasteiger partial charge on any atom is -0.495 e. The SMILES string of the molecule is CCCCCCC1(C)CC(=O)C=CO1. The van der Waals surface area contributed by atoms with Gasteiger partial charge >= 0.3 is 0 Å². The maximum Gasteiger partial charge on any atom is 0.162 e. The number of rotatable bonds is 5. The average Bonchev–Trinajstić information content (AvgIpc) is 2.12. The van der Waals surface area contributed by atoms with Crippen molar-refractivity contribution in [2.75, 3.05) is 0 Å². The molecule has 0 fully saturated rings. The minimum absolute atomic E-state index is 0.189. The minimum atomic E-state index is -0.237. The normalized spacial score (nSPS) is 26.3. The van der Waals surface area contributed by atoms with Crippen molar-refractivity contribution in [3.8, 4) is 0 Å². The second-order valence-corrected chi connectivity index (χ2v) is 4.32. The van der Waals surface area contributed by atoms with Crippen LogP contribution in [0.3, 0.4) is 0 Å². The predicted molar refractivity (Wildman–Crippen MR) is 57.0 cm³/mol. The van der Waals surface area contributed by atoms with Crippen LogP contribution in [0.15, 0.2) is 12.3 Å². The van der Waals surface area contributed by atoms with Gasteiger partial charge in [0, 0.05) is 12.5 Å². The van der Waals surface area contributed by atoms with E-state index in [1.807, 2.05) is 6.92 Å². The fraction of sp³-hybridized carbons (Fsp3) is 0.750. The molecule has 1 aliphatic heterocycles. The van der Waals surface area contributed by atoms with Gasteiger partial charge in [-0.05, 0) is 19.8 Å². The van der Waals surface area contributed by atoms with Crippen molar-refractivity contribution in [1.82, 2.24) is 0 Å². The Morgan fingerprint density at radius 2 is 2.21 bits per heavy atom. The molecule has 0 bridgehead atoms. The lowest BCUT2D eigenvalue weighted by molar-refractivity contribution is -0.121. The van der Waals surface area contributed by atoms with Gasteiger partial charge in [-0.25, -0.2) is 0 Å². The van der Waals surface area contributed by atoms with E-state index in [2.05, 4.69) is 6.92 Å². The first kappa shape index (κ1) is 11.3. The molecule has 14 heavy (non-hydrogen) atoms. The first-order valence-electron chi connectivity index (χ1n) is 5.53. The highest BCUT2D eigenvalue weighted by Gasteiger charge is 2.29. The van der Waals surface area contributed by atoms with Crippen LogP contribution in [0.5, 0.6) is 0 Å². The van der Waals surface area contributed by atoms with Crippen LogP contribution in [0.4, 0.5) is 0 Å². The van der Waals surface area contributed by atoms with Gasteiger partial charge in [0.05, 0.1) is 6.26 Å². The Morgan fingerprint density at radius 3 is 2.86 bits per heavy atom. The molecular formula is C12H20O2. The number of ether oxygens (including phenoxy) is 1. The Balaban J connectivity index is 2.28. The number of ketones is 1. The Kier molecular flexibility index (Phi) is 4.18. The zero-order valence-electron chi connectivity index (χ0n) is 9.21. The molecule has 0 amide bonds. The summed E-state index contributed by atoms with van der Waals surface area (Å²) < 4.78 is 5.51. The predicted octanol–water partition coefficient (Wildman–Crippen LogP) is 3.22. The van der Waals surface area contributed by atoms with Gasteiger partial charge in [0.25, 0.3) is 0 Å². The molecule has 1 rings (SSSR count). The van der Waals surface area contributed by atoms with E-state index < -0.39 is 0 Å². The summed E-state index contributed by atoms with van der Waals surface area (Å²) >= 11 is 0. The molecule has 0 N–H and O–H groups in total. The van der Waals surface area contributed by atoms with E-state index in [4.69, 9.17) is 4.74 Å². The van der Waals surface area contributed by atoms with Gasteiger partial charge < -0.3 is 4.74 Å². The van der Waals surface area contributed by atoms with Crippen LogP contribution < -0.4 is 0 Å². The molecule has 0 aliphatic carbocycles. The molecule has 2 heteroatoms. The molecule has 80 valence electrons. The molecule has 0 aromatic carbocycles. The van der Waals surface area contributed by atoms with E-state index in [0.29, 0.717) is 6.42 Å². The molecule has 1 atom stereocenters. The van der Waals surface area contributed by atoms with Gasteiger partial charge in [-0.1, -0.05) is 26.2 Å². The maximum absolute atomic E-state index is 11.2. The molecule has 0 spiro atoms. The van der Waals surface area contributed by atoms with Crippen LogP contribution in [-0.4, -0.2) is 11.4 Å². The summed E-state index contributed by atoms with van der Waals surface area (Å²) in [6.07, 6.45) is 9.52. The van der Waals surface area contributed by atoms with Crippen molar-refractivity contribution in [3.05, 3.63) is 12.3 Å². The Labute approximate surface area is 86.3 Å². The third kappa shape index (κ3) is 3.52. The summed E-state index contributed by atoms with van der Waals surface area (Å²) in [4.78, 5) is 11.2. The summed E-state index contributed by atoms with van der Waals surface area (Å²) in [5.41, 5.74) is -0.237. The lowest BCUT2D eigenvalue weighted by Crippen LogP contribution is -2.32. The molecular weight excluding hydrogens is 176 g/mol. The summed E-state index contributed by atoms with van der Waals surface area (Å²) in [6, 6.07) is 0. The molecule has 0 radical (unpaired) electrons. The third-order valence-corrected chi connectivity index (χ3v) is 2.71. The molecule has 2 nitrogen and oxygen atoms in total.